The maximum Gasteiger partial charge on any atom is 0.0544 e. The van der Waals surface area contributed by atoms with Gasteiger partial charge in [0.2, 0.25) is 0 Å². The van der Waals surface area contributed by atoms with Crippen molar-refractivity contribution in [3.05, 3.63) is 28.8 Å². The van der Waals surface area contributed by atoms with E-state index in [9.17, 15) is 0 Å². The van der Waals surface area contributed by atoms with Crippen molar-refractivity contribution in [1.29, 1.82) is 0 Å². The molecule has 0 spiro atoms. The van der Waals surface area contributed by atoms with E-state index in [0.29, 0.717) is 5.92 Å². The lowest BCUT2D eigenvalue weighted by Crippen LogP contribution is -2.28. The first-order valence-electron chi connectivity index (χ1n) is 5.35. The van der Waals surface area contributed by atoms with Gasteiger partial charge >= 0.3 is 0 Å². The van der Waals surface area contributed by atoms with Crippen molar-refractivity contribution in [2.24, 2.45) is 0 Å². The van der Waals surface area contributed by atoms with Crippen molar-refractivity contribution in [2.75, 3.05) is 19.3 Å². The molecular weight excluding hydrogens is 226 g/mol. The van der Waals surface area contributed by atoms with E-state index < -0.39 is 0 Å². The fourth-order valence-corrected chi connectivity index (χ4v) is 2.95. The van der Waals surface area contributed by atoms with Gasteiger partial charge in [-0.2, -0.15) is 0 Å². The van der Waals surface area contributed by atoms with Gasteiger partial charge in [-0.3, -0.25) is 0 Å². The van der Waals surface area contributed by atoms with Crippen LogP contribution in [0.5, 0.6) is 0 Å². The highest BCUT2D eigenvalue weighted by Crippen LogP contribution is 2.31. The van der Waals surface area contributed by atoms with Gasteiger partial charge in [-0.15, -0.1) is 11.8 Å². The number of hydrogen-bond acceptors (Lipinski definition) is 2. The highest BCUT2D eigenvalue weighted by molar-refractivity contribution is 7.98. The van der Waals surface area contributed by atoms with Gasteiger partial charge in [-0.1, -0.05) is 17.7 Å². The van der Waals surface area contributed by atoms with E-state index >= 15 is 0 Å². The second-order valence-corrected chi connectivity index (χ2v) is 5.19. The summed E-state index contributed by atoms with van der Waals surface area (Å²) in [5, 5.41) is 4.33. The second-order valence-electron chi connectivity index (χ2n) is 3.94. The van der Waals surface area contributed by atoms with Gasteiger partial charge in [0, 0.05) is 11.4 Å². The highest BCUT2D eigenvalue weighted by atomic mass is 35.5. The molecule has 1 aromatic carbocycles. The number of thioether (sulfide) groups is 1. The summed E-state index contributed by atoms with van der Waals surface area (Å²) < 4.78 is 0. The lowest BCUT2D eigenvalue weighted by Gasteiger charge is -2.23. The predicted octanol–water partition coefficient (Wildman–Crippen LogP) is 3.53. The molecule has 3 heteroatoms. The Hall–Kier alpha value is -0.180. The number of hydrogen-bond donors (Lipinski definition) is 1. The van der Waals surface area contributed by atoms with Crippen LogP contribution in [0.4, 0.5) is 0 Å². The van der Waals surface area contributed by atoms with Crippen molar-refractivity contribution >= 4 is 23.4 Å². The van der Waals surface area contributed by atoms with Crippen molar-refractivity contribution in [3.63, 3.8) is 0 Å². The molecule has 1 aromatic rings. The fourth-order valence-electron chi connectivity index (χ4n) is 2.07. The van der Waals surface area contributed by atoms with Crippen LogP contribution in [0.2, 0.25) is 5.02 Å². The molecule has 1 aliphatic rings. The first-order valence-corrected chi connectivity index (χ1v) is 6.95. The molecule has 0 saturated carbocycles. The van der Waals surface area contributed by atoms with Crippen LogP contribution < -0.4 is 5.32 Å². The van der Waals surface area contributed by atoms with Crippen LogP contribution in [0, 0.1) is 0 Å². The Morgan fingerprint density at radius 2 is 2.33 bits per heavy atom. The summed E-state index contributed by atoms with van der Waals surface area (Å²) in [5.74, 6) is 0.646. The number of piperidine rings is 1. The molecule has 0 bridgehead atoms. The minimum Gasteiger partial charge on any atom is -0.316 e. The highest BCUT2D eigenvalue weighted by Gasteiger charge is 2.15. The van der Waals surface area contributed by atoms with Crippen molar-refractivity contribution in [2.45, 2.75) is 23.7 Å². The molecule has 1 N–H and O–H groups in total. The summed E-state index contributed by atoms with van der Waals surface area (Å²) in [6, 6.07) is 6.48. The summed E-state index contributed by atoms with van der Waals surface area (Å²) in [7, 11) is 0. The maximum atomic E-state index is 6.21. The average molecular weight is 242 g/mol. The average Bonchev–Trinajstić information content (AvgIpc) is 2.30. The van der Waals surface area contributed by atoms with Crippen molar-refractivity contribution in [1.82, 2.24) is 5.32 Å². The summed E-state index contributed by atoms with van der Waals surface area (Å²) in [5.41, 5.74) is 1.38. The third kappa shape index (κ3) is 2.68. The molecule has 1 unspecified atom stereocenters. The van der Waals surface area contributed by atoms with Crippen LogP contribution in [0.15, 0.2) is 23.1 Å². The van der Waals surface area contributed by atoms with E-state index in [4.69, 9.17) is 11.6 Å². The van der Waals surface area contributed by atoms with Gasteiger partial charge in [-0.05, 0) is 49.3 Å². The molecule has 15 heavy (non-hydrogen) atoms. The van der Waals surface area contributed by atoms with E-state index in [1.807, 2.05) is 0 Å². The summed E-state index contributed by atoms with van der Waals surface area (Å²) >= 11 is 7.91. The van der Waals surface area contributed by atoms with Crippen LogP contribution in [-0.2, 0) is 0 Å². The standard InChI is InChI=1S/C12H16ClNS/c1-15-12-5-4-9(7-11(12)13)10-3-2-6-14-8-10/h4-5,7,10,14H,2-3,6,8H2,1H3. The molecule has 0 aromatic heterocycles. The van der Waals surface area contributed by atoms with Gasteiger partial charge in [0.15, 0.2) is 0 Å². The van der Waals surface area contributed by atoms with Crippen LogP contribution in [0.3, 0.4) is 0 Å². The smallest absolute Gasteiger partial charge is 0.0544 e. The van der Waals surface area contributed by atoms with Gasteiger partial charge in [0.25, 0.3) is 0 Å². The third-order valence-corrected chi connectivity index (χ3v) is 4.16. The topological polar surface area (TPSA) is 12.0 Å². The predicted molar refractivity (Wildman–Crippen MR) is 68.1 cm³/mol. The minimum absolute atomic E-state index is 0.646. The normalized spacial score (nSPS) is 21.6. The summed E-state index contributed by atoms with van der Waals surface area (Å²) in [4.78, 5) is 1.17. The fraction of sp³-hybridized carbons (Fsp3) is 0.500. The molecule has 1 atom stereocenters. The van der Waals surface area contributed by atoms with Crippen molar-refractivity contribution in [3.8, 4) is 0 Å². The van der Waals surface area contributed by atoms with Crippen LogP contribution in [0.25, 0.3) is 0 Å². The third-order valence-electron chi connectivity index (χ3n) is 2.94. The molecule has 0 radical (unpaired) electrons. The van der Waals surface area contributed by atoms with E-state index in [2.05, 4.69) is 29.8 Å². The molecule has 1 nitrogen and oxygen atoms in total. The molecule has 0 aliphatic carbocycles. The Bertz CT molecular complexity index is 334. The van der Waals surface area contributed by atoms with Crippen LogP contribution in [-0.4, -0.2) is 19.3 Å². The Morgan fingerprint density at radius 1 is 1.47 bits per heavy atom. The molecule has 1 fully saturated rings. The Labute approximate surface area is 101 Å². The molecular formula is C12H16ClNS. The maximum absolute atomic E-state index is 6.21. The van der Waals surface area contributed by atoms with Gasteiger partial charge in [0.1, 0.15) is 0 Å². The summed E-state index contributed by atoms with van der Waals surface area (Å²) in [6.45, 7) is 2.25. The monoisotopic (exact) mass is 241 g/mol. The van der Waals surface area contributed by atoms with Gasteiger partial charge in [0.05, 0.1) is 5.02 Å². The zero-order chi connectivity index (χ0) is 10.7. The van der Waals surface area contributed by atoms with E-state index in [1.165, 1.54) is 23.3 Å². The molecule has 1 heterocycles. The Kier molecular flexibility index (Phi) is 3.95. The van der Waals surface area contributed by atoms with E-state index in [1.54, 1.807) is 11.8 Å². The quantitative estimate of drug-likeness (QED) is 0.796. The first-order chi connectivity index (χ1) is 7.31. The van der Waals surface area contributed by atoms with Crippen LogP contribution >= 0.6 is 23.4 Å². The lowest BCUT2D eigenvalue weighted by molar-refractivity contribution is 0.461. The SMILES string of the molecule is CSc1ccc(C2CCCNC2)cc1Cl. The second kappa shape index (κ2) is 5.24. The number of nitrogens with one attached hydrogen (secondary N) is 1. The molecule has 0 amide bonds. The molecule has 1 saturated heterocycles. The summed E-state index contributed by atoms with van der Waals surface area (Å²) in [6.07, 6.45) is 4.61. The Balaban J connectivity index is 2.17. The van der Waals surface area contributed by atoms with E-state index in [-0.39, 0.29) is 0 Å². The van der Waals surface area contributed by atoms with Gasteiger partial charge in [-0.25, -0.2) is 0 Å². The minimum atomic E-state index is 0.646. The number of benzene rings is 1. The zero-order valence-corrected chi connectivity index (χ0v) is 10.5. The molecule has 2 rings (SSSR count). The van der Waals surface area contributed by atoms with Crippen molar-refractivity contribution < 1.29 is 0 Å². The number of halogens is 1. The zero-order valence-electron chi connectivity index (χ0n) is 8.92. The molecule has 1 aliphatic heterocycles. The molecule has 82 valence electrons. The van der Waals surface area contributed by atoms with E-state index in [0.717, 1.165) is 18.1 Å². The first kappa shape index (κ1) is 11.3. The number of rotatable bonds is 2. The van der Waals surface area contributed by atoms with Crippen LogP contribution in [0.1, 0.15) is 24.3 Å². The lowest BCUT2D eigenvalue weighted by atomic mass is 9.92. The Morgan fingerprint density at radius 3 is 2.93 bits per heavy atom. The van der Waals surface area contributed by atoms with Gasteiger partial charge < -0.3 is 5.32 Å². The largest absolute Gasteiger partial charge is 0.316 e.